The van der Waals surface area contributed by atoms with Crippen LogP contribution in [0.5, 0.6) is 0 Å². The molecule has 0 radical (unpaired) electrons. The highest BCUT2D eigenvalue weighted by Gasteiger charge is 2.39. The van der Waals surface area contributed by atoms with E-state index in [4.69, 9.17) is 21.8 Å². The van der Waals surface area contributed by atoms with Gasteiger partial charge in [-0.1, -0.05) is 65.3 Å². The Hall–Kier alpha value is -2.13. The topological polar surface area (TPSA) is 45.4 Å². The number of benzene rings is 2. The molecule has 4 heteroatoms. The lowest BCUT2D eigenvalue weighted by molar-refractivity contribution is 0.134. The van der Waals surface area contributed by atoms with E-state index in [2.05, 4.69) is 11.2 Å². The molecule has 0 amide bonds. The average Bonchev–Trinajstić information content (AvgIpc) is 3.32. The monoisotopic (exact) mass is 312 g/mol. The van der Waals surface area contributed by atoms with Gasteiger partial charge in [-0.2, -0.15) is 0 Å². The summed E-state index contributed by atoms with van der Waals surface area (Å²) in [6, 6.07) is 17.8. The first-order chi connectivity index (χ1) is 10.7. The maximum Gasteiger partial charge on any atom is 0.128 e. The van der Waals surface area contributed by atoms with Gasteiger partial charge in [0.05, 0.1) is 6.21 Å². The second-order valence-corrected chi connectivity index (χ2v) is 5.86. The van der Waals surface area contributed by atoms with Crippen molar-refractivity contribution in [3.8, 4) is 0 Å². The van der Waals surface area contributed by atoms with Crippen LogP contribution in [0.25, 0.3) is 0 Å². The molecule has 1 aliphatic carbocycles. The molecule has 2 aromatic carbocycles. The Kier molecular flexibility index (Phi) is 4.54. The van der Waals surface area contributed by atoms with Crippen molar-refractivity contribution >= 4 is 23.0 Å². The van der Waals surface area contributed by atoms with Crippen LogP contribution in [-0.4, -0.2) is 18.0 Å². The Morgan fingerprint density at radius 3 is 2.82 bits per heavy atom. The fourth-order valence-corrected chi connectivity index (χ4v) is 2.64. The van der Waals surface area contributed by atoms with Crippen molar-refractivity contribution in [1.29, 1.82) is 5.41 Å². The van der Waals surface area contributed by atoms with Gasteiger partial charge in [-0.15, -0.1) is 0 Å². The van der Waals surface area contributed by atoms with Gasteiger partial charge in [0.15, 0.2) is 0 Å². The van der Waals surface area contributed by atoms with Crippen molar-refractivity contribution in [1.82, 2.24) is 0 Å². The quantitative estimate of drug-likeness (QED) is 0.623. The number of hydrogen-bond acceptors (Lipinski definition) is 3. The van der Waals surface area contributed by atoms with Crippen LogP contribution in [0.2, 0.25) is 0 Å². The first-order valence-corrected chi connectivity index (χ1v) is 7.66. The minimum absolute atomic E-state index is 0.0859. The van der Waals surface area contributed by atoms with Gasteiger partial charge in [0, 0.05) is 11.5 Å². The number of rotatable bonds is 6. The van der Waals surface area contributed by atoms with E-state index < -0.39 is 0 Å². The van der Waals surface area contributed by atoms with Crippen LogP contribution < -0.4 is 0 Å². The van der Waals surface area contributed by atoms with Crippen LogP contribution in [0, 0.1) is 11.3 Å². The van der Waals surface area contributed by atoms with Crippen molar-refractivity contribution in [3.05, 3.63) is 71.3 Å². The zero-order valence-electron chi connectivity index (χ0n) is 12.1. The summed E-state index contributed by atoms with van der Waals surface area (Å²) in [5.41, 5.74) is 3.03. The summed E-state index contributed by atoms with van der Waals surface area (Å²) in [6.07, 6.45) is 2.83. The number of oxime groups is 1. The summed E-state index contributed by atoms with van der Waals surface area (Å²) in [5.74, 6) is 0.982. The van der Waals surface area contributed by atoms with E-state index in [9.17, 15) is 0 Å². The normalized spacial score (nSPS) is 20.0. The zero-order valence-corrected chi connectivity index (χ0v) is 12.8. The minimum atomic E-state index is 0.0859. The van der Waals surface area contributed by atoms with Crippen LogP contribution in [0.1, 0.15) is 29.0 Å². The number of halogens is 1. The Labute approximate surface area is 135 Å². The maximum absolute atomic E-state index is 7.48. The van der Waals surface area contributed by atoms with Crippen LogP contribution in [0.4, 0.5) is 0 Å². The molecule has 0 aliphatic heterocycles. The van der Waals surface area contributed by atoms with Crippen LogP contribution in [0.3, 0.4) is 0 Å². The summed E-state index contributed by atoms with van der Waals surface area (Å²) in [7, 11) is 0. The van der Waals surface area contributed by atoms with Gasteiger partial charge in [0.1, 0.15) is 11.8 Å². The summed E-state index contributed by atoms with van der Waals surface area (Å²) >= 11 is 5.74. The van der Waals surface area contributed by atoms with E-state index in [1.807, 2.05) is 48.5 Å². The third-order valence-electron chi connectivity index (χ3n) is 3.86. The van der Waals surface area contributed by atoms with Gasteiger partial charge < -0.3 is 4.84 Å². The first kappa shape index (κ1) is 14.8. The Bertz CT molecular complexity index is 684. The summed E-state index contributed by atoms with van der Waals surface area (Å²) in [6.45, 7) is 0.622. The van der Waals surface area contributed by atoms with E-state index in [1.165, 1.54) is 5.56 Å². The molecule has 22 heavy (non-hydrogen) atoms. The number of nitrogens with zero attached hydrogens (tertiary/aromatic N) is 1. The van der Waals surface area contributed by atoms with Crippen LogP contribution in [0.15, 0.2) is 59.8 Å². The summed E-state index contributed by atoms with van der Waals surface area (Å²) in [4.78, 5) is 5.39. The molecule has 2 atom stereocenters. The average molecular weight is 313 g/mol. The van der Waals surface area contributed by atoms with Gasteiger partial charge in [0.2, 0.25) is 0 Å². The fraction of sp³-hybridized carbons (Fsp3) is 0.222. The minimum Gasteiger partial charge on any atom is -0.395 e. The lowest BCUT2D eigenvalue weighted by Gasteiger charge is -2.03. The highest BCUT2D eigenvalue weighted by atomic mass is 35.5. The summed E-state index contributed by atoms with van der Waals surface area (Å²) in [5, 5.41) is 11.6. The van der Waals surface area contributed by atoms with Gasteiger partial charge >= 0.3 is 0 Å². The third-order valence-corrected chi connectivity index (χ3v) is 4.07. The molecule has 1 saturated carbocycles. The zero-order chi connectivity index (χ0) is 15.4. The molecule has 1 fully saturated rings. The van der Waals surface area contributed by atoms with Crippen LogP contribution in [-0.2, 0) is 4.84 Å². The SMILES string of the molecule is N=C(Cl)c1cccc([C@H]2CC2CO/N=C/c2ccccc2)c1. The molecule has 0 saturated heterocycles. The lowest BCUT2D eigenvalue weighted by atomic mass is 10.1. The van der Waals surface area contributed by atoms with Gasteiger partial charge in [-0.05, 0) is 29.5 Å². The van der Waals surface area contributed by atoms with E-state index >= 15 is 0 Å². The smallest absolute Gasteiger partial charge is 0.128 e. The van der Waals surface area contributed by atoms with Gasteiger partial charge in [-0.25, -0.2) is 0 Å². The molecule has 1 N–H and O–H groups in total. The predicted octanol–water partition coefficient (Wildman–Crippen LogP) is 4.40. The highest BCUT2D eigenvalue weighted by molar-refractivity contribution is 6.68. The third kappa shape index (κ3) is 3.74. The second-order valence-electron chi connectivity index (χ2n) is 5.48. The summed E-state index contributed by atoms with van der Waals surface area (Å²) < 4.78 is 0. The van der Waals surface area contributed by atoms with E-state index in [1.54, 1.807) is 6.21 Å². The van der Waals surface area contributed by atoms with Crippen molar-refractivity contribution in [2.45, 2.75) is 12.3 Å². The standard InChI is InChI=1S/C18H17ClN2O/c19-18(20)15-8-4-7-14(9-15)17-10-16(17)12-22-21-11-13-5-2-1-3-6-13/h1-9,11,16-17,20H,10,12H2/b20-18?,21-11+/t16?,17-/m1/s1. The molecule has 3 nitrogen and oxygen atoms in total. The van der Waals surface area contributed by atoms with E-state index in [0.29, 0.717) is 18.4 Å². The molecule has 3 rings (SSSR count). The maximum atomic E-state index is 7.48. The van der Waals surface area contributed by atoms with Crippen molar-refractivity contribution in [3.63, 3.8) is 0 Å². The first-order valence-electron chi connectivity index (χ1n) is 7.29. The number of nitrogens with one attached hydrogen (secondary N) is 1. The lowest BCUT2D eigenvalue weighted by Crippen LogP contribution is -1.95. The Morgan fingerprint density at radius 1 is 1.23 bits per heavy atom. The second kappa shape index (κ2) is 6.75. The largest absolute Gasteiger partial charge is 0.395 e. The number of hydrogen-bond donors (Lipinski definition) is 1. The molecular formula is C18H17ClN2O. The molecule has 1 unspecified atom stereocenters. The van der Waals surface area contributed by atoms with Crippen molar-refractivity contribution < 1.29 is 4.84 Å². The molecule has 0 spiro atoms. The van der Waals surface area contributed by atoms with Gasteiger partial charge in [0.25, 0.3) is 0 Å². The van der Waals surface area contributed by atoms with Gasteiger partial charge in [-0.3, -0.25) is 5.41 Å². The van der Waals surface area contributed by atoms with E-state index in [-0.39, 0.29) is 5.17 Å². The van der Waals surface area contributed by atoms with Crippen LogP contribution >= 0.6 is 11.6 Å². The molecule has 0 bridgehead atoms. The Morgan fingerprint density at radius 2 is 2.05 bits per heavy atom. The molecule has 2 aromatic rings. The Balaban J connectivity index is 1.50. The van der Waals surface area contributed by atoms with Crippen molar-refractivity contribution in [2.75, 3.05) is 6.61 Å². The molecule has 0 aromatic heterocycles. The molecule has 0 heterocycles. The van der Waals surface area contributed by atoms with E-state index in [0.717, 1.165) is 17.5 Å². The molecule has 1 aliphatic rings. The predicted molar refractivity (Wildman–Crippen MR) is 90.0 cm³/mol. The fourth-order valence-electron chi connectivity index (χ4n) is 2.52. The molecular weight excluding hydrogens is 296 g/mol. The highest BCUT2D eigenvalue weighted by Crippen LogP contribution is 2.47. The van der Waals surface area contributed by atoms with Crippen molar-refractivity contribution in [2.24, 2.45) is 11.1 Å². The molecule has 112 valence electrons.